The van der Waals surface area contributed by atoms with Gasteiger partial charge in [0.05, 0.1) is 10.8 Å². The fraction of sp³-hybridized carbons (Fsp3) is 0.250. The van der Waals surface area contributed by atoms with Crippen molar-refractivity contribution in [3.63, 3.8) is 0 Å². The molecule has 3 aromatic heterocycles. The van der Waals surface area contributed by atoms with E-state index in [1.807, 2.05) is 9.62 Å². The lowest BCUT2D eigenvalue weighted by Gasteiger charge is -2.33. The number of benzene rings is 1. The monoisotopic (exact) mass is 443 g/mol. The summed E-state index contributed by atoms with van der Waals surface area (Å²) in [5.41, 5.74) is 1.85. The molecule has 1 amide bonds. The summed E-state index contributed by atoms with van der Waals surface area (Å²) >= 11 is 0. The SMILES string of the molecule is Cc1ccnc2c1c(S(=O)(=O)NC(=O)c1cc3c(F)cc(N4CCC4)cc3o1)nn2C. The van der Waals surface area contributed by atoms with Gasteiger partial charge in [-0.1, -0.05) is 0 Å². The maximum atomic E-state index is 14.5. The first-order valence-electron chi connectivity index (χ1n) is 9.58. The third kappa shape index (κ3) is 3.12. The Morgan fingerprint density at radius 1 is 1.26 bits per heavy atom. The van der Waals surface area contributed by atoms with Crippen molar-refractivity contribution in [2.45, 2.75) is 18.4 Å². The van der Waals surface area contributed by atoms with Gasteiger partial charge >= 0.3 is 5.91 Å². The van der Waals surface area contributed by atoms with E-state index >= 15 is 0 Å². The molecule has 31 heavy (non-hydrogen) atoms. The number of anilines is 1. The smallest absolute Gasteiger partial charge is 0.300 e. The highest BCUT2D eigenvalue weighted by Gasteiger charge is 2.28. The Hall–Kier alpha value is -3.47. The highest BCUT2D eigenvalue weighted by molar-refractivity contribution is 7.90. The fourth-order valence-corrected chi connectivity index (χ4v) is 4.84. The molecule has 1 saturated heterocycles. The molecule has 4 aromatic rings. The Balaban J connectivity index is 1.50. The van der Waals surface area contributed by atoms with Crippen molar-refractivity contribution in [3.05, 3.63) is 47.6 Å². The molecule has 4 heterocycles. The Labute approximate surface area is 176 Å². The molecule has 1 aliphatic heterocycles. The maximum Gasteiger partial charge on any atom is 0.300 e. The van der Waals surface area contributed by atoms with Gasteiger partial charge in [0.2, 0.25) is 5.03 Å². The summed E-state index contributed by atoms with van der Waals surface area (Å²) < 4.78 is 49.1. The van der Waals surface area contributed by atoms with Gasteiger partial charge in [0.1, 0.15) is 11.4 Å². The highest BCUT2D eigenvalue weighted by Crippen LogP contribution is 2.30. The molecule has 5 rings (SSSR count). The molecular formula is C20H18FN5O4S. The Morgan fingerprint density at radius 3 is 2.74 bits per heavy atom. The number of amides is 1. The van der Waals surface area contributed by atoms with E-state index in [-0.39, 0.29) is 21.8 Å². The van der Waals surface area contributed by atoms with Crippen LogP contribution >= 0.6 is 0 Å². The predicted molar refractivity (Wildman–Crippen MR) is 111 cm³/mol. The Morgan fingerprint density at radius 2 is 2.03 bits per heavy atom. The molecule has 0 atom stereocenters. The number of nitrogens with one attached hydrogen (secondary N) is 1. The van der Waals surface area contributed by atoms with Crippen molar-refractivity contribution in [1.29, 1.82) is 0 Å². The Kier molecular flexibility index (Phi) is 4.26. The molecule has 1 aromatic carbocycles. The second-order valence-electron chi connectivity index (χ2n) is 7.48. The van der Waals surface area contributed by atoms with E-state index in [4.69, 9.17) is 4.42 Å². The molecule has 11 heteroatoms. The van der Waals surface area contributed by atoms with Crippen molar-refractivity contribution in [3.8, 4) is 0 Å². The second kappa shape index (κ2) is 6.77. The van der Waals surface area contributed by atoms with Gasteiger partial charge in [-0.3, -0.25) is 4.79 Å². The first kappa shape index (κ1) is 19.5. The van der Waals surface area contributed by atoms with E-state index in [1.54, 1.807) is 32.3 Å². The number of carbonyl (C=O) groups excluding carboxylic acids is 1. The van der Waals surface area contributed by atoms with E-state index < -0.39 is 21.7 Å². The number of furan rings is 1. The van der Waals surface area contributed by atoms with Gasteiger partial charge in [-0.05, 0) is 31.0 Å². The van der Waals surface area contributed by atoms with Crippen molar-refractivity contribution >= 4 is 43.6 Å². The second-order valence-corrected chi connectivity index (χ2v) is 9.08. The van der Waals surface area contributed by atoms with Crippen LogP contribution in [0.1, 0.15) is 22.5 Å². The number of pyridine rings is 1. The molecule has 1 N–H and O–H groups in total. The van der Waals surface area contributed by atoms with Crippen molar-refractivity contribution in [2.24, 2.45) is 7.05 Å². The van der Waals surface area contributed by atoms with Crippen molar-refractivity contribution < 1.29 is 22.0 Å². The number of aryl methyl sites for hydroxylation is 2. The number of rotatable bonds is 4. The van der Waals surface area contributed by atoms with E-state index in [0.29, 0.717) is 22.3 Å². The van der Waals surface area contributed by atoms with Crippen LogP contribution in [0.2, 0.25) is 0 Å². The van der Waals surface area contributed by atoms with Crippen molar-refractivity contribution in [2.75, 3.05) is 18.0 Å². The summed E-state index contributed by atoms with van der Waals surface area (Å²) in [4.78, 5) is 18.8. The van der Waals surface area contributed by atoms with Gasteiger partial charge in [-0.15, -0.1) is 0 Å². The van der Waals surface area contributed by atoms with Crippen LogP contribution < -0.4 is 9.62 Å². The van der Waals surface area contributed by atoms with Crippen LogP contribution in [0.3, 0.4) is 0 Å². The lowest BCUT2D eigenvalue weighted by Crippen LogP contribution is -2.36. The fourth-order valence-electron chi connectivity index (χ4n) is 3.65. The zero-order valence-corrected chi connectivity index (χ0v) is 17.5. The quantitative estimate of drug-likeness (QED) is 0.516. The maximum absolute atomic E-state index is 14.5. The summed E-state index contributed by atoms with van der Waals surface area (Å²) in [5, 5.41) is 4.14. The van der Waals surface area contributed by atoms with Gasteiger partial charge < -0.3 is 9.32 Å². The molecule has 0 saturated carbocycles. The molecule has 0 bridgehead atoms. The summed E-state index contributed by atoms with van der Waals surface area (Å²) in [5.74, 6) is -1.86. The number of hydrogen-bond acceptors (Lipinski definition) is 7. The van der Waals surface area contributed by atoms with E-state index in [0.717, 1.165) is 19.5 Å². The molecule has 1 aliphatic rings. The van der Waals surface area contributed by atoms with Gasteiger partial charge in [0.25, 0.3) is 10.0 Å². The van der Waals surface area contributed by atoms with Crippen LogP contribution in [-0.4, -0.2) is 42.2 Å². The van der Waals surface area contributed by atoms with E-state index in [1.165, 1.54) is 16.8 Å². The molecule has 160 valence electrons. The lowest BCUT2D eigenvalue weighted by molar-refractivity contribution is 0.0956. The first-order valence-corrected chi connectivity index (χ1v) is 11.1. The standard InChI is InChI=1S/C20H18FN5O4S/c1-11-4-5-22-18-17(11)20(23-25(18)2)31(28,29)24-19(27)16-10-13-14(21)8-12(9-15(13)30-16)26-6-3-7-26/h4-5,8-10H,3,6-7H2,1-2H3,(H,24,27). The molecule has 0 aliphatic carbocycles. The summed E-state index contributed by atoms with van der Waals surface area (Å²) in [7, 11) is -2.77. The first-order chi connectivity index (χ1) is 14.7. The topological polar surface area (TPSA) is 110 Å². The molecule has 0 unspecified atom stereocenters. The molecule has 0 spiro atoms. The number of nitrogens with zero attached hydrogens (tertiary/aromatic N) is 4. The van der Waals surface area contributed by atoms with Gasteiger partial charge in [-0.25, -0.2) is 18.8 Å². The van der Waals surface area contributed by atoms with E-state index in [2.05, 4.69) is 10.1 Å². The molecule has 9 nitrogen and oxygen atoms in total. The van der Waals surface area contributed by atoms with Crippen molar-refractivity contribution in [1.82, 2.24) is 19.5 Å². The third-order valence-electron chi connectivity index (χ3n) is 5.40. The third-order valence-corrected chi connectivity index (χ3v) is 6.65. The van der Waals surface area contributed by atoms with E-state index in [9.17, 15) is 17.6 Å². The van der Waals surface area contributed by atoms with Gasteiger partial charge in [-0.2, -0.15) is 13.5 Å². The molecule has 1 fully saturated rings. The minimum absolute atomic E-state index is 0.107. The van der Waals surface area contributed by atoms with Crippen LogP contribution in [0.15, 0.2) is 39.9 Å². The Bertz CT molecular complexity index is 1470. The summed E-state index contributed by atoms with van der Waals surface area (Å²) in [6.45, 7) is 3.37. The summed E-state index contributed by atoms with van der Waals surface area (Å²) in [6.07, 6.45) is 2.58. The normalized spacial score (nSPS) is 14.2. The highest BCUT2D eigenvalue weighted by atomic mass is 32.2. The van der Waals surface area contributed by atoms with Crippen LogP contribution in [0.5, 0.6) is 0 Å². The summed E-state index contributed by atoms with van der Waals surface area (Å²) in [6, 6.07) is 5.87. The van der Waals surface area contributed by atoms with Crippen LogP contribution in [-0.2, 0) is 17.1 Å². The van der Waals surface area contributed by atoms with Crippen LogP contribution in [0.25, 0.3) is 22.0 Å². The lowest BCUT2D eigenvalue weighted by atomic mass is 10.1. The predicted octanol–water partition coefficient (Wildman–Crippen LogP) is 2.49. The van der Waals surface area contributed by atoms with Crippen LogP contribution in [0, 0.1) is 12.7 Å². The number of carbonyl (C=O) groups is 1. The number of aromatic nitrogens is 3. The van der Waals surface area contributed by atoms with Gasteiger partial charge in [0, 0.05) is 44.2 Å². The van der Waals surface area contributed by atoms with Crippen LogP contribution in [0.4, 0.5) is 10.1 Å². The zero-order chi connectivity index (χ0) is 21.9. The molecule has 0 radical (unpaired) electrons. The minimum Gasteiger partial charge on any atom is -0.451 e. The number of sulfonamides is 1. The molecular weight excluding hydrogens is 425 g/mol. The minimum atomic E-state index is -4.33. The number of halogens is 1. The largest absolute Gasteiger partial charge is 0.451 e. The number of fused-ring (bicyclic) bond motifs is 2. The average molecular weight is 443 g/mol. The average Bonchev–Trinajstić information content (AvgIpc) is 3.23. The zero-order valence-electron chi connectivity index (χ0n) is 16.7. The number of hydrogen-bond donors (Lipinski definition) is 1. The van der Waals surface area contributed by atoms with Gasteiger partial charge in [0.15, 0.2) is 11.4 Å².